The maximum absolute atomic E-state index is 13.1. The van der Waals surface area contributed by atoms with E-state index in [9.17, 15) is 43.2 Å². The van der Waals surface area contributed by atoms with Gasteiger partial charge in [-0.3, -0.25) is 37.3 Å². The quantitative estimate of drug-likeness (QED) is 0.0222. The summed E-state index contributed by atoms with van der Waals surface area (Å²) in [5.41, 5.74) is 0. The second kappa shape index (κ2) is 67.2. The van der Waals surface area contributed by atoms with Gasteiger partial charge in [0.1, 0.15) is 19.3 Å². The predicted octanol–water partition coefficient (Wildman–Crippen LogP) is 22.8. The average Bonchev–Trinajstić information content (AvgIpc) is 1.27. The van der Waals surface area contributed by atoms with Crippen LogP contribution in [-0.4, -0.2) is 96.7 Å². The number of aliphatic hydroxyl groups is 1. The predicted molar refractivity (Wildman–Crippen MR) is 395 cm³/mol. The minimum atomic E-state index is -4.96. The van der Waals surface area contributed by atoms with Crippen LogP contribution in [-0.2, 0) is 65.4 Å². The van der Waals surface area contributed by atoms with Crippen molar-refractivity contribution in [2.45, 2.75) is 414 Å². The third kappa shape index (κ3) is 72.2. The zero-order chi connectivity index (χ0) is 71.7. The lowest BCUT2D eigenvalue weighted by molar-refractivity contribution is -0.161. The number of unbranched alkanes of at least 4 members (excludes halogenated alkanes) is 41. The normalized spacial score (nSPS) is 14.1. The lowest BCUT2D eigenvalue weighted by Gasteiger charge is -2.21. The van der Waals surface area contributed by atoms with Gasteiger partial charge in [-0.25, -0.2) is 9.13 Å². The number of esters is 4. The Morgan fingerprint density at radius 1 is 0.258 bits per heavy atom. The van der Waals surface area contributed by atoms with Crippen molar-refractivity contribution >= 4 is 39.5 Å². The Morgan fingerprint density at radius 3 is 0.639 bits per heavy atom. The van der Waals surface area contributed by atoms with Crippen LogP contribution in [0.3, 0.4) is 0 Å². The van der Waals surface area contributed by atoms with Gasteiger partial charge < -0.3 is 33.8 Å². The number of rotatable bonds is 75. The summed E-state index contributed by atoms with van der Waals surface area (Å²) < 4.78 is 68.6. The van der Waals surface area contributed by atoms with Crippen LogP contribution in [0.15, 0.2) is 0 Å². The first-order valence-electron chi connectivity index (χ1n) is 40.2. The third-order valence-electron chi connectivity index (χ3n) is 18.1. The van der Waals surface area contributed by atoms with Crippen molar-refractivity contribution in [3.05, 3.63) is 0 Å². The van der Waals surface area contributed by atoms with Gasteiger partial charge in [0.25, 0.3) is 0 Å². The molecule has 0 saturated carbocycles. The number of aliphatic hydroxyl groups excluding tert-OH is 1. The number of carbonyl (C=O) groups excluding carboxylic acids is 4. The van der Waals surface area contributed by atoms with E-state index in [1.54, 1.807) is 0 Å². The van der Waals surface area contributed by atoms with Crippen molar-refractivity contribution in [3.8, 4) is 0 Å². The zero-order valence-corrected chi connectivity index (χ0v) is 65.5. The lowest BCUT2D eigenvalue weighted by Crippen LogP contribution is -2.30. The molecule has 0 aromatic heterocycles. The van der Waals surface area contributed by atoms with Gasteiger partial charge in [0.15, 0.2) is 12.2 Å². The summed E-state index contributed by atoms with van der Waals surface area (Å²) in [5, 5.41) is 10.6. The van der Waals surface area contributed by atoms with E-state index in [-0.39, 0.29) is 25.7 Å². The van der Waals surface area contributed by atoms with Crippen LogP contribution in [0.4, 0.5) is 0 Å². The van der Waals surface area contributed by atoms with Gasteiger partial charge in [-0.05, 0) is 49.4 Å². The Morgan fingerprint density at radius 2 is 0.433 bits per heavy atom. The van der Waals surface area contributed by atoms with Crippen LogP contribution >= 0.6 is 15.6 Å². The maximum Gasteiger partial charge on any atom is 0.472 e. The molecule has 97 heavy (non-hydrogen) atoms. The molecule has 0 aromatic carbocycles. The third-order valence-corrected chi connectivity index (χ3v) is 20.0. The van der Waals surface area contributed by atoms with E-state index in [0.29, 0.717) is 31.6 Å². The van der Waals surface area contributed by atoms with Crippen LogP contribution in [0.5, 0.6) is 0 Å². The zero-order valence-electron chi connectivity index (χ0n) is 63.7. The molecule has 0 amide bonds. The molecular formula is C78H152O17P2. The summed E-state index contributed by atoms with van der Waals surface area (Å²) in [7, 11) is -9.92. The highest BCUT2D eigenvalue weighted by Gasteiger charge is 2.30. The fourth-order valence-electron chi connectivity index (χ4n) is 11.9. The highest BCUT2D eigenvalue weighted by molar-refractivity contribution is 7.47. The van der Waals surface area contributed by atoms with Gasteiger partial charge in [0.05, 0.1) is 26.4 Å². The molecule has 17 nitrogen and oxygen atoms in total. The molecule has 0 aliphatic rings. The average molecular weight is 1420 g/mol. The molecule has 0 spiro atoms. The first-order chi connectivity index (χ1) is 46.6. The van der Waals surface area contributed by atoms with E-state index in [1.165, 1.54) is 193 Å². The highest BCUT2D eigenvalue weighted by Crippen LogP contribution is 2.45. The van der Waals surface area contributed by atoms with Gasteiger partial charge in [-0.1, -0.05) is 344 Å². The number of hydrogen-bond donors (Lipinski definition) is 3. The van der Waals surface area contributed by atoms with Gasteiger partial charge in [-0.15, -0.1) is 0 Å². The molecule has 0 aliphatic heterocycles. The SMILES string of the molecule is CC(C)CCCCCCCCCCCCCCCCC(=O)OC[C@H](COP(=O)(O)OCC(O)COP(=O)(O)OC[C@@H](COC(=O)CCCCCCCCCC(C)C)OC(=O)CCCCCCCCCCCCCCCC(C)C)OC(=O)CCCCCCCCCCCCCC(C)C. The van der Waals surface area contributed by atoms with Crippen molar-refractivity contribution in [1.29, 1.82) is 0 Å². The molecule has 0 radical (unpaired) electrons. The highest BCUT2D eigenvalue weighted by atomic mass is 31.2. The first-order valence-corrected chi connectivity index (χ1v) is 43.2. The number of hydrogen-bond acceptors (Lipinski definition) is 15. The number of phosphoric ester groups is 2. The van der Waals surface area contributed by atoms with Crippen LogP contribution < -0.4 is 0 Å². The standard InChI is InChI=1S/C78H152O17P2/c1-68(2)54-46-38-30-23-17-12-9-10-14-20-26-34-42-50-58-75(80)88-64-73(94-78(83)61-53-45-36-28-22-16-19-25-32-40-48-56-70(5)6)66-92-96(84,85)90-62-72(79)63-91-97(86,87)93-67-74(65-89-76(81)59-51-43-37-29-33-41-49-57-71(7)8)95-77(82)60-52-44-35-27-21-15-11-13-18-24-31-39-47-55-69(3)4/h68-74,79H,9-67H2,1-8H3,(H,84,85)(H,86,87)/t72?,73-,74-/m1/s1. The molecule has 0 fully saturated rings. The fraction of sp³-hybridized carbons (Fsp3) is 0.949. The van der Waals surface area contributed by atoms with Crippen LogP contribution in [0.25, 0.3) is 0 Å². The summed E-state index contributed by atoms with van der Waals surface area (Å²) in [4.78, 5) is 72.9. The van der Waals surface area contributed by atoms with Crippen LogP contribution in [0.2, 0.25) is 0 Å². The van der Waals surface area contributed by atoms with E-state index >= 15 is 0 Å². The smallest absolute Gasteiger partial charge is 0.462 e. The van der Waals surface area contributed by atoms with E-state index in [4.69, 9.17) is 37.0 Å². The van der Waals surface area contributed by atoms with Crippen molar-refractivity contribution in [1.82, 2.24) is 0 Å². The topological polar surface area (TPSA) is 237 Å². The summed E-state index contributed by atoms with van der Waals surface area (Å²) in [6.45, 7) is 14.2. The van der Waals surface area contributed by atoms with E-state index in [2.05, 4.69) is 55.4 Å². The summed E-state index contributed by atoms with van der Waals surface area (Å²) in [6, 6.07) is 0. The lowest BCUT2D eigenvalue weighted by atomic mass is 10.0. The molecule has 0 saturated heterocycles. The Kier molecular flexibility index (Phi) is 65.9. The van der Waals surface area contributed by atoms with Crippen molar-refractivity contribution < 1.29 is 80.2 Å². The fourth-order valence-corrected chi connectivity index (χ4v) is 13.5. The molecule has 0 aliphatic carbocycles. The molecule has 3 unspecified atom stereocenters. The molecule has 576 valence electrons. The van der Waals surface area contributed by atoms with E-state index < -0.39 is 97.5 Å². The molecule has 3 N–H and O–H groups in total. The molecule has 0 aromatic rings. The largest absolute Gasteiger partial charge is 0.472 e. The molecular weight excluding hydrogens is 1270 g/mol. The number of ether oxygens (including phenoxy) is 4. The molecule has 19 heteroatoms. The number of phosphoric acid groups is 2. The van der Waals surface area contributed by atoms with Gasteiger partial charge >= 0.3 is 39.5 Å². The van der Waals surface area contributed by atoms with Gasteiger partial charge in [0.2, 0.25) is 0 Å². The Bertz CT molecular complexity index is 1900. The Labute approximate surface area is 594 Å². The first kappa shape index (κ1) is 95.1. The van der Waals surface area contributed by atoms with Crippen molar-refractivity contribution in [2.75, 3.05) is 39.6 Å². The second-order valence-electron chi connectivity index (χ2n) is 30.0. The Balaban J connectivity index is 5.24. The van der Waals surface area contributed by atoms with Gasteiger partial charge in [-0.2, -0.15) is 0 Å². The van der Waals surface area contributed by atoms with Crippen molar-refractivity contribution in [3.63, 3.8) is 0 Å². The molecule has 0 bridgehead atoms. The monoisotopic (exact) mass is 1420 g/mol. The molecule has 5 atom stereocenters. The maximum atomic E-state index is 13.1. The summed E-state index contributed by atoms with van der Waals surface area (Å²) in [6.07, 6.45) is 52.7. The van der Waals surface area contributed by atoms with Crippen LogP contribution in [0, 0.1) is 23.7 Å². The molecule has 0 rings (SSSR count). The summed E-state index contributed by atoms with van der Waals surface area (Å²) in [5.74, 6) is 0.938. The minimum absolute atomic E-state index is 0.106. The van der Waals surface area contributed by atoms with Crippen molar-refractivity contribution in [2.24, 2.45) is 23.7 Å². The molecule has 0 heterocycles. The Hall–Kier alpha value is -1.94. The van der Waals surface area contributed by atoms with E-state index in [0.717, 1.165) is 114 Å². The van der Waals surface area contributed by atoms with Gasteiger partial charge in [0, 0.05) is 25.7 Å². The summed E-state index contributed by atoms with van der Waals surface area (Å²) >= 11 is 0. The van der Waals surface area contributed by atoms with Crippen LogP contribution in [0.1, 0.15) is 396 Å². The number of carbonyl (C=O) groups is 4. The minimum Gasteiger partial charge on any atom is -0.462 e. The second-order valence-corrected chi connectivity index (χ2v) is 32.9. The van der Waals surface area contributed by atoms with E-state index in [1.807, 2.05) is 0 Å².